The van der Waals surface area contributed by atoms with Gasteiger partial charge in [0, 0.05) is 10.9 Å². The summed E-state index contributed by atoms with van der Waals surface area (Å²) < 4.78 is 0. The Balaban J connectivity index is 3.12. The summed E-state index contributed by atoms with van der Waals surface area (Å²) in [5.74, 6) is 2.60. The minimum absolute atomic E-state index is 0.893. The van der Waals surface area contributed by atoms with E-state index in [1.807, 2.05) is 12.1 Å². The molecule has 1 aromatic rings. The first kappa shape index (κ1) is 8.36. The van der Waals surface area contributed by atoms with E-state index in [9.17, 15) is 0 Å². The Bertz CT molecular complexity index is 294. The summed E-state index contributed by atoms with van der Waals surface area (Å²) in [4.78, 5) is 0. The van der Waals surface area contributed by atoms with Crippen LogP contribution < -0.4 is 0 Å². The number of alkyl halides is 1. The van der Waals surface area contributed by atoms with Crippen LogP contribution in [0.4, 0.5) is 0 Å². The molecular formula is C10H9Br. The Labute approximate surface area is 75.8 Å². The van der Waals surface area contributed by atoms with Gasteiger partial charge in [-0.15, -0.1) is 6.42 Å². The number of aryl methyl sites for hydroxylation is 1. The molecule has 0 radical (unpaired) electrons. The Morgan fingerprint density at radius 3 is 2.73 bits per heavy atom. The van der Waals surface area contributed by atoms with Crippen LogP contribution in [0.25, 0.3) is 0 Å². The van der Waals surface area contributed by atoms with E-state index < -0.39 is 0 Å². The van der Waals surface area contributed by atoms with Gasteiger partial charge >= 0.3 is 0 Å². The van der Waals surface area contributed by atoms with E-state index in [2.05, 4.69) is 34.8 Å². The normalized spacial score (nSPS) is 9.18. The van der Waals surface area contributed by atoms with Crippen LogP contribution in [-0.4, -0.2) is 0 Å². The first-order valence-corrected chi connectivity index (χ1v) is 4.52. The third-order valence-corrected chi connectivity index (χ3v) is 2.26. The quantitative estimate of drug-likeness (QED) is 0.492. The largest absolute Gasteiger partial charge is 0.115 e. The number of hydrogen-bond donors (Lipinski definition) is 0. The molecule has 0 aliphatic carbocycles. The topological polar surface area (TPSA) is 0 Å². The molecule has 0 heterocycles. The summed E-state index contributed by atoms with van der Waals surface area (Å²) in [7, 11) is 0. The van der Waals surface area contributed by atoms with Crippen molar-refractivity contribution >= 4 is 15.9 Å². The first-order valence-electron chi connectivity index (χ1n) is 3.40. The third kappa shape index (κ3) is 1.85. The van der Waals surface area contributed by atoms with Gasteiger partial charge in [-0.1, -0.05) is 27.9 Å². The van der Waals surface area contributed by atoms with Gasteiger partial charge in [0.2, 0.25) is 0 Å². The highest BCUT2D eigenvalue weighted by Crippen LogP contribution is 2.13. The molecule has 0 amide bonds. The van der Waals surface area contributed by atoms with Crippen molar-refractivity contribution in [2.24, 2.45) is 0 Å². The third-order valence-electron chi connectivity index (χ3n) is 1.65. The SMILES string of the molecule is C#Cc1ccc(CBr)c(C)c1. The monoisotopic (exact) mass is 208 g/mol. The van der Waals surface area contributed by atoms with Crippen molar-refractivity contribution in [1.82, 2.24) is 0 Å². The van der Waals surface area contributed by atoms with Gasteiger partial charge in [0.15, 0.2) is 0 Å². The number of hydrogen-bond acceptors (Lipinski definition) is 0. The zero-order chi connectivity index (χ0) is 8.27. The maximum atomic E-state index is 5.25. The van der Waals surface area contributed by atoms with Crippen molar-refractivity contribution in [3.8, 4) is 12.3 Å². The smallest absolute Gasteiger partial charge is 0.0285 e. The van der Waals surface area contributed by atoms with Gasteiger partial charge in [-0.05, 0) is 30.2 Å². The summed E-state index contributed by atoms with van der Waals surface area (Å²) in [5.41, 5.74) is 3.49. The van der Waals surface area contributed by atoms with E-state index >= 15 is 0 Å². The minimum atomic E-state index is 0.893. The lowest BCUT2D eigenvalue weighted by atomic mass is 10.1. The van der Waals surface area contributed by atoms with Gasteiger partial charge in [-0.25, -0.2) is 0 Å². The minimum Gasteiger partial charge on any atom is -0.115 e. The van der Waals surface area contributed by atoms with Gasteiger partial charge in [-0.2, -0.15) is 0 Å². The van der Waals surface area contributed by atoms with E-state index in [0.29, 0.717) is 0 Å². The van der Waals surface area contributed by atoms with Crippen LogP contribution in [0, 0.1) is 19.3 Å². The summed E-state index contributed by atoms with van der Waals surface area (Å²) in [6.07, 6.45) is 5.25. The van der Waals surface area contributed by atoms with Crippen molar-refractivity contribution < 1.29 is 0 Å². The molecule has 56 valence electrons. The zero-order valence-corrected chi connectivity index (χ0v) is 7.98. The first-order chi connectivity index (χ1) is 5.27. The fraction of sp³-hybridized carbons (Fsp3) is 0.200. The molecule has 0 aromatic heterocycles. The Kier molecular flexibility index (Phi) is 2.73. The molecule has 0 atom stereocenters. The predicted molar refractivity (Wildman–Crippen MR) is 51.7 cm³/mol. The number of terminal acetylenes is 1. The van der Waals surface area contributed by atoms with Gasteiger partial charge in [0.1, 0.15) is 0 Å². The van der Waals surface area contributed by atoms with Crippen molar-refractivity contribution in [3.63, 3.8) is 0 Å². The second-order valence-electron chi connectivity index (χ2n) is 2.42. The lowest BCUT2D eigenvalue weighted by molar-refractivity contribution is 1.31. The van der Waals surface area contributed by atoms with Crippen LogP contribution in [-0.2, 0) is 5.33 Å². The molecule has 0 bridgehead atoms. The molecule has 0 nitrogen and oxygen atoms in total. The molecule has 0 saturated heterocycles. The average molecular weight is 209 g/mol. The van der Waals surface area contributed by atoms with Gasteiger partial charge in [0.05, 0.1) is 0 Å². The lowest BCUT2D eigenvalue weighted by Crippen LogP contribution is -1.85. The van der Waals surface area contributed by atoms with Crippen LogP contribution in [0.3, 0.4) is 0 Å². The number of benzene rings is 1. The molecule has 1 heteroatoms. The summed E-state index contributed by atoms with van der Waals surface area (Å²) in [6, 6.07) is 6.04. The second-order valence-corrected chi connectivity index (χ2v) is 2.98. The lowest BCUT2D eigenvalue weighted by Gasteiger charge is -2.00. The fourth-order valence-electron chi connectivity index (χ4n) is 0.936. The van der Waals surface area contributed by atoms with E-state index in [1.54, 1.807) is 0 Å². The van der Waals surface area contributed by atoms with E-state index in [0.717, 1.165) is 10.9 Å². The fourth-order valence-corrected chi connectivity index (χ4v) is 1.56. The molecule has 1 aromatic carbocycles. The molecule has 0 saturated carbocycles. The van der Waals surface area contributed by atoms with Crippen LogP contribution in [0.1, 0.15) is 16.7 Å². The Hall–Kier alpha value is -0.740. The van der Waals surface area contributed by atoms with E-state index in [1.165, 1.54) is 11.1 Å². The molecule has 0 aliphatic rings. The number of halogens is 1. The molecule has 0 spiro atoms. The van der Waals surface area contributed by atoms with Crippen molar-refractivity contribution in [2.75, 3.05) is 0 Å². The average Bonchev–Trinajstić information content (AvgIpc) is 2.04. The van der Waals surface area contributed by atoms with Crippen molar-refractivity contribution in [1.29, 1.82) is 0 Å². The molecule has 0 N–H and O–H groups in total. The Morgan fingerprint density at radius 2 is 2.27 bits per heavy atom. The molecule has 0 unspecified atom stereocenters. The second kappa shape index (κ2) is 3.59. The highest BCUT2D eigenvalue weighted by molar-refractivity contribution is 9.08. The van der Waals surface area contributed by atoms with Crippen LogP contribution in [0.2, 0.25) is 0 Å². The van der Waals surface area contributed by atoms with E-state index in [4.69, 9.17) is 6.42 Å². The van der Waals surface area contributed by atoms with E-state index in [-0.39, 0.29) is 0 Å². The maximum Gasteiger partial charge on any atom is 0.0285 e. The zero-order valence-electron chi connectivity index (χ0n) is 6.39. The summed E-state index contributed by atoms with van der Waals surface area (Å²) in [6.45, 7) is 2.07. The standard InChI is InChI=1S/C10H9Br/c1-3-9-4-5-10(7-11)8(2)6-9/h1,4-6H,7H2,2H3. The summed E-state index contributed by atoms with van der Waals surface area (Å²) in [5, 5.41) is 0.893. The molecular weight excluding hydrogens is 200 g/mol. The maximum absolute atomic E-state index is 5.25. The van der Waals surface area contributed by atoms with Gasteiger partial charge in [-0.3, -0.25) is 0 Å². The highest BCUT2D eigenvalue weighted by Gasteiger charge is 1.95. The molecule has 0 fully saturated rings. The van der Waals surface area contributed by atoms with Crippen LogP contribution in [0.5, 0.6) is 0 Å². The molecule has 0 aliphatic heterocycles. The number of rotatable bonds is 1. The van der Waals surface area contributed by atoms with Crippen LogP contribution >= 0.6 is 15.9 Å². The van der Waals surface area contributed by atoms with Gasteiger partial charge in [0.25, 0.3) is 0 Å². The predicted octanol–water partition coefficient (Wildman–Crippen LogP) is 2.87. The van der Waals surface area contributed by atoms with Crippen LogP contribution in [0.15, 0.2) is 18.2 Å². The summed E-state index contributed by atoms with van der Waals surface area (Å²) >= 11 is 3.40. The van der Waals surface area contributed by atoms with Crippen molar-refractivity contribution in [2.45, 2.75) is 12.3 Å². The highest BCUT2D eigenvalue weighted by atomic mass is 79.9. The molecule has 1 rings (SSSR count). The molecule has 11 heavy (non-hydrogen) atoms. The Morgan fingerprint density at radius 1 is 1.55 bits per heavy atom. The van der Waals surface area contributed by atoms with Gasteiger partial charge < -0.3 is 0 Å². The van der Waals surface area contributed by atoms with Crippen molar-refractivity contribution in [3.05, 3.63) is 34.9 Å².